The predicted octanol–water partition coefficient (Wildman–Crippen LogP) is 10.1. The van der Waals surface area contributed by atoms with Crippen molar-refractivity contribution in [2.75, 3.05) is 59.0 Å². The number of methoxy groups -OCH3 is 3. The number of allylic oxidation sites excluding steroid dienone is 2. The summed E-state index contributed by atoms with van der Waals surface area (Å²) in [5, 5.41) is 26.3. The van der Waals surface area contributed by atoms with Crippen molar-refractivity contribution in [2.24, 2.45) is 51.8 Å². The molecule has 1 aromatic heterocycles. The van der Waals surface area contributed by atoms with E-state index in [2.05, 4.69) is 27.4 Å². The van der Waals surface area contributed by atoms with Gasteiger partial charge in [-0.3, -0.25) is 43.4 Å². The summed E-state index contributed by atoms with van der Waals surface area (Å²) in [7, 11) is 4.09. The summed E-state index contributed by atoms with van der Waals surface area (Å²) < 4.78 is 29.6. The van der Waals surface area contributed by atoms with Crippen LogP contribution in [0.2, 0.25) is 0 Å². The molecule has 5 aliphatic heterocycles. The molecule has 3 aromatic carbocycles. The maximum Gasteiger partial charge on any atom is 0.344 e. The minimum Gasteiger partial charge on any atom is -0.496 e. The quantitative estimate of drug-likeness (QED) is 0.0348. The minimum absolute atomic E-state index is 0.0395. The van der Waals surface area contributed by atoms with Crippen LogP contribution in [0.15, 0.2) is 108 Å². The van der Waals surface area contributed by atoms with Crippen LogP contribution in [0.4, 0.5) is 5.69 Å². The van der Waals surface area contributed by atoms with Crippen LogP contribution in [0.25, 0.3) is 17.0 Å². The van der Waals surface area contributed by atoms with Crippen molar-refractivity contribution in [3.8, 4) is 5.75 Å². The number of nitrogens with zero attached hydrogens (tertiary/aromatic N) is 3. The van der Waals surface area contributed by atoms with Gasteiger partial charge in [0.1, 0.15) is 34.6 Å². The molecule has 544 valence electrons. The number of piperidine rings is 1. The number of esters is 4. The Balaban J connectivity index is 0.000000206. The standard InChI is InChI=1S/C46H56N4O10.C36H44O6/c1-7-42(55)22-28-23-45(40(53)58-5,36-30(14-18-48(24-28)25-42)29-12-9-10-13-33(29)47-36)32-20-31-34(21-35(32)57-4)50(26-51)38-44(31)16-19-49-17-11-15-43(8-2,37(44)49)39(60-27(3)52)46(38,56)41(54)59-6;1-20-27(40)16-15-26-30(22(3)37)33-21(2)28(42-29(41)17-14-25-12-10-9-11-13-25)18-19-36(33,8)34(24(5)39)31(23(4)38)32(20)35(26,6)7/h9-13,15,20-21,26,28,37-39,47,55-56H,7-8,14,16-19,22-25H2,1-6H3;9-14,17,26,28,30-31,33-34H,2,15-16,18-19H2,1,3-8H3/b;17-14+/t28?,37-,38?,39?,42-,43+,44?,45-,46-;26-,28-,30+,31+,33?,34-,36+/m00/s1. The van der Waals surface area contributed by atoms with Crippen LogP contribution >= 0.6 is 0 Å². The first-order valence-electron chi connectivity index (χ1n) is 36.3. The van der Waals surface area contributed by atoms with Crippen molar-refractivity contribution >= 4 is 76.1 Å². The first kappa shape index (κ1) is 73.6. The number of aromatic amines is 1. The van der Waals surface area contributed by atoms with Gasteiger partial charge in [0.15, 0.2) is 11.9 Å². The Kier molecular flexibility index (Phi) is 19.6. The van der Waals surface area contributed by atoms with Crippen molar-refractivity contribution in [2.45, 2.75) is 180 Å². The number of para-hydroxylation sites is 1. The molecule has 20 heteroatoms. The first-order valence-corrected chi connectivity index (χ1v) is 36.3. The van der Waals surface area contributed by atoms with E-state index >= 15 is 4.79 Å². The van der Waals surface area contributed by atoms with Crippen LogP contribution in [0.3, 0.4) is 0 Å². The van der Waals surface area contributed by atoms with Gasteiger partial charge in [0.25, 0.3) is 0 Å². The monoisotopic (exact) mass is 1400 g/mol. The molecule has 17 atom stereocenters. The number of rotatable bonds is 14. The highest BCUT2D eigenvalue weighted by Crippen LogP contribution is 2.69. The summed E-state index contributed by atoms with van der Waals surface area (Å²) in [6, 6.07) is 19.4. The summed E-state index contributed by atoms with van der Waals surface area (Å²) in [4.78, 5) is 133. The Morgan fingerprint density at radius 3 is 2.14 bits per heavy atom. The number of ether oxygens (including phenoxy) is 5. The second-order valence-electron chi connectivity index (χ2n) is 31.5. The van der Waals surface area contributed by atoms with Crippen LogP contribution in [-0.2, 0) is 79.3 Å². The third-order valence-electron chi connectivity index (χ3n) is 26.1. The summed E-state index contributed by atoms with van der Waals surface area (Å²) >= 11 is 0. The van der Waals surface area contributed by atoms with Crippen molar-refractivity contribution < 1.29 is 77.0 Å². The number of carbonyl (C=O) groups is 9. The van der Waals surface area contributed by atoms with Crippen molar-refractivity contribution in [1.82, 2.24) is 14.8 Å². The molecule has 0 radical (unpaired) electrons. The van der Waals surface area contributed by atoms with Gasteiger partial charge >= 0.3 is 23.9 Å². The molecule has 3 N–H and O–H groups in total. The lowest BCUT2D eigenvalue weighted by Gasteiger charge is -2.63. The zero-order valence-corrected chi connectivity index (χ0v) is 61.3. The number of H-pyrrole nitrogens is 1. The van der Waals surface area contributed by atoms with E-state index in [0.29, 0.717) is 135 Å². The molecule has 4 aromatic rings. The number of benzene rings is 3. The van der Waals surface area contributed by atoms with E-state index < -0.39 is 110 Å². The van der Waals surface area contributed by atoms with Crippen LogP contribution < -0.4 is 9.64 Å². The van der Waals surface area contributed by atoms with Gasteiger partial charge in [0.2, 0.25) is 12.0 Å². The van der Waals surface area contributed by atoms with Crippen molar-refractivity contribution in [3.63, 3.8) is 0 Å². The molecule has 5 fully saturated rings. The van der Waals surface area contributed by atoms with Crippen LogP contribution in [0, 0.1) is 51.8 Å². The number of hydrogen-bond donors (Lipinski definition) is 3. The van der Waals surface area contributed by atoms with Gasteiger partial charge < -0.3 is 43.8 Å². The molecule has 2 saturated heterocycles. The summed E-state index contributed by atoms with van der Waals surface area (Å²) in [6.07, 6.45) is 9.89. The maximum atomic E-state index is 15.3. The lowest BCUT2D eigenvalue weighted by molar-refractivity contribution is -0.228. The highest BCUT2D eigenvalue weighted by atomic mass is 16.6. The largest absolute Gasteiger partial charge is 0.496 e. The van der Waals surface area contributed by atoms with Gasteiger partial charge in [-0.05, 0) is 172 Å². The SMILES string of the molecule is C=C1C2[C@H](C(C)=O)[C@@H]3CCC(=O)C(C)=C([C@@H](C(C)=O)[C@H](C(C)=O)[C@]2(C)CC[C@@H]1OC(=O)/C=C/c1ccccc1)C3(C)C.CC[C@]1(O)CC2CN(CCc3c([nH]c4ccccc34)[C@@](C(=O)OC)(c3cc4c(cc3OC)N(C=O)C3C45CCN4CC=C[C@@](CC)(C(OC(C)=O)[C@]3(O)C(=O)OC)[C@H]45)C2)C1. The lowest BCUT2D eigenvalue weighted by atomic mass is 9.44. The van der Waals surface area contributed by atoms with Crippen molar-refractivity contribution in [3.05, 3.63) is 136 Å². The molecule has 6 unspecified atom stereocenters. The average molecular weight is 1400 g/mol. The second kappa shape index (κ2) is 27.1. The predicted molar refractivity (Wildman–Crippen MR) is 383 cm³/mol. The summed E-state index contributed by atoms with van der Waals surface area (Å²) in [6.45, 7) is 25.0. The van der Waals surface area contributed by atoms with Crippen LogP contribution in [-0.4, -0.2) is 168 Å². The number of fused-ring (bicyclic) bond motifs is 9. The lowest BCUT2D eigenvalue weighted by Crippen LogP contribution is -2.81. The first-order chi connectivity index (χ1) is 48.4. The number of Topliss-reactive ketones (excluding diaryl/α,β-unsaturated/α-hetero) is 4. The molecule has 4 bridgehead atoms. The minimum atomic E-state index is -2.53. The second-order valence-corrected chi connectivity index (χ2v) is 31.5. The molecule has 3 saturated carbocycles. The summed E-state index contributed by atoms with van der Waals surface area (Å²) in [5.41, 5.74) is -1.95. The third-order valence-corrected chi connectivity index (χ3v) is 26.1. The molecular weight excluding hydrogens is 1300 g/mol. The number of anilines is 1. The van der Waals surface area contributed by atoms with Crippen LogP contribution in [0.5, 0.6) is 5.75 Å². The topological polar surface area (TPSA) is 266 Å². The van der Waals surface area contributed by atoms with E-state index in [9.17, 15) is 48.6 Å². The number of carbonyl (C=O) groups excluding carboxylic acids is 9. The highest BCUT2D eigenvalue weighted by molar-refractivity contribution is 6.00. The smallest absolute Gasteiger partial charge is 0.344 e. The summed E-state index contributed by atoms with van der Waals surface area (Å²) in [5.74, 6) is -5.87. The molecule has 102 heavy (non-hydrogen) atoms. The molecule has 1 amide bonds. The van der Waals surface area contributed by atoms with Gasteiger partial charge in [-0.25, -0.2) is 9.59 Å². The van der Waals surface area contributed by atoms with E-state index in [-0.39, 0.29) is 47.8 Å². The molecule has 20 nitrogen and oxygen atoms in total. The fourth-order valence-corrected chi connectivity index (χ4v) is 22.2. The Morgan fingerprint density at radius 1 is 0.794 bits per heavy atom. The third kappa shape index (κ3) is 11.2. The number of aliphatic hydroxyl groups is 2. The molecular formula is C82H100N4O16. The normalized spacial score (nSPS) is 35.0. The number of ketones is 4. The molecule has 9 aliphatic rings. The van der Waals surface area contributed by atoms with E-state index in [4.69, 9.17) is 23.7 Å². The van der Waals surface area contributed by atoms with E-state index in [1.54, 1.807) is 26.0 Å². The maximum absolute atomic E-state index is 15.3. The highest BCUT2D eigenvalue weighted by Gasteiger charge is 2.81. The number of nitrogens with one attached hydrogen (secondary N) is 1. The molecule has 4 aliphatic carbocycles. The molecule has 13 rings (SSSR count). The average Bonchev–Trinajstić information content (AvgIpc) is 1.46. The Hall–Kier alpha value is -8.17. The molecule has 1 spiro atoms. The zero-order valence-electron chi connectivity index (χ0n) is 61.3. The van der Waals surface area contributed by atoms with Gasteiger partial charge in [-0.2, -0.15) is 0 Å². The zero-order chi connectivity index (χ0) is 73.7. The Morgan fingerprint density at radius 2 is 1.50 bits per heavy atom. The number of aromatic nitrogens is 1. The van der Waals surface area contributed by atoms with Crippen LogP contribution in [0.1, 0.15) is 155 Å². The van der Waals surface area contributed by atoms with E-state index in [1.807, 2.05) is 101 Å². The van der Waals surface area contributed by atoms with Gasteiger partial charge in [0, 0.05) is 108 Å². The Labute approximate surface area is 597 Å². The van der Waals surface area contributed by atoms with Gasteiger partial charge in [-0.1, -0.05) is 102 Å². The number of amides is 1. The fraction of sp³-hybridized carbons (Fsp3) is 0.549. The van der Waals surface area contributed by atoms with Gasteiger partial charge in [-0.15, -0.1) is 0 Å². The van der Waals surface area contributed by atoms with E-state index in [0.717, 1.165) is 22.0 Å². The van der Waals surface area contributed by atoms with Gasteiger partial charge in [0.05, 0.1) is 38.7 Å². The number of hydrogen-bond acceptors (Lipinski definition) is 18. The Bertz CT molecular complexity index is 4210. The van der Waals surface area contributed by atoms with Crippen molar-refractivity contribution in [1.29, 1.82) is 0 Å². The fourth-order valence-electron chi connectivity index (χ4n) is 22.2. The van der Waals surface area contributed by atoms with E-state index in [1.165, 1.54) is 53.1 Å². The molecule has 6 heterocycles.